The predicted octanol–water partition coefficient (Wildman–Crippen LogP) is 2.36. The molecule has 0 heterocycles. The van der Waals surface area contributed by atoms with Gasteiger partial charge in [0, 0.05) is 23.1 Å². The van der Waals surface area contributed by atoms with E-state index in [1.54, 1.807) is 6.07 Å². The lowest BCUT2D eigenvalue weighted by Crippen LogP contribution is -2.12. The fourth-order valence-electron chi connectivity index (χ4n) is 1.03. The SMILES string of the molecule is CC(CO)COc1cc(Br)cc([N+](=O)[O-])c1. The van der Waals surface area contributed by atoms with E-state index in [-0.39, 0.29) is 18.2 Å². The van der Waals surface area contributed by atoms with Crippen LogP contribution in [0.1, 0.15) is 6.92 Å². The van der Waals surface area contributed by atoms with Crippen molar-refractivity contribution in [3.8, 4) is 5.75 Å². The predicted molar refractivity (Wildman–Crippen MR) is 62.5 cm³/mol. The monoisotopic (exact) mass is 289 g/mol. The first-order chi connectivity index (χ1) is 7.52. The fourth-order valence-corrected chi connectivity index (χ4v) is 1.49. The van der Waals surface area contributed by atoms with E-state index in [2.05, 4.69) is 15.9 Å². The van der Waals surface area contributed by atoms with Crippen LogP contribution in [0.2, 0.25) is 0 Å². The number of rotatable bonds is 5. The van der Waals surface area contributed by atoms with Crippen molar-refractivity contribution in [3.63, 3.8) is 0 Å². The molecular formula is C10H12BrNO4. The van der Waals surface area contributed by atoms with E-state index >= 15 is 0 Å². The third-order valence-corrected chi connectivity index (χ3v) is 2.37. The van der Waals surface area contributed by atoms with Gasteiger partial charge in [-0.1, -0.05) is 22.9 Å². The van der Waals surface area contributed by atoms with E-state index in [1.165, 1.54) is 12.1 Å². The van der Waals surface area contributed by atoms with E-state index in [1.807, 2.05) is 6.92 Å². The highest BCUT2D eigenvalue weighted by Crippen LogP contribution is 2.26. The van der Waals surface area contributed by atoms with Crippen molar-refractivity contribution in [1.29, 1.82) is 0 Å². The average molecular weight is 290 g/mol. The van der Waals surface area contributed by atoms with Crippen molar-refractivity contribution in [2.24, 2.45) is 5.92 Å². The molecule has 6 heteroatoms. The van der Waals surface area contributed by atoms with Crippen LogP contribution in [0.15, 0.2) is 22.7 Å². The van der Waals surface area contributed by atoms with Crippen molar-refractivity contribution in [2.45, 2.75) is 6.92 Å². The third kappa shape index (κ3) is 3.79. The summed E-state index contributed by atoms with van der Waals surface area (Å²) in [6.45, 7) is 2.17. The molecule has 0 aliphatic heterocycles. The second kappa shape index (κ2) is 5.81. The fraction of sp³-hybridized carbons (Fsp3) is 0.400. The Morgan fingerprint density at radius 1 is 1.56 bits per heavy atom. The number of benzene rings is 1. The molecule has 0 aliphatic rings. The minimum absolute atomic E-state index is 0.00182. The smallest absolute Gasteiger partial charge is 0.274 e. The second-order valence-corrected chi connectivity index (χ2v) is 4.42. The van der Waals surface area contributed by atoms with Gasteiger partial charge in [-0.05, 0) is 6.07 Å². The molecule has 0 spiro atoms. The summed E-state index contributed by atoms with van der Waals surface area (Å²) in [5.41, 5.74) is -0.0268. The van der Waals surface area contributed by atoms with E-state index in [0.29, 0.717) is 16.8 Å². The van der Waals surface area contributed by atoms with Crippen LogP contribution < -0.4 is 4.74 Å². The molecule has 1 aromatic carbocycles. The van der Waals surface area contributed by atoms with Crippen LogP contribution in [0.3, 0.4) is 0 Å². The number of nitro groups is 1. The Balaban J connectivity index is 2.76. The molecule has 88 valence electrons. The zero-order valence-corrected chi connectivity index (χ0v) is 10.3. The average Bonchev–Trinajstić information content (AvgIpc) is 2.25. The molecule has 0 aliphatic carbocycles. The Labute approximate surface area is 101 Å². The molecule has 0 saturated heterocycles. The van der Waals surface area contributed by atoms with Crippen LogP contribution in [-0.4, -0.2) is 23.2 Å². The number of non-ortho nitro benzene ring substituents is 1. The summed E-state index contributed by atoms with van der Waals surface area (Å²) >= 11 is 3.17. The number of aliphatic hydroxyl groups is 1. The van der Waals surface area contributed by atoms with E-state index < -0.39 is 4.92 Å². The van der Waals surface area contributed by atoms with E-state index in [9.17, 15) is 10.1 Å². The topological polar surface area (TPSA) is 72.6 Å². The summed E-state index contributed by atoms with van der Waals surface area (Å²) in [6.07, 6.45) is 0. The van der Waals surface area contributed by atoms with Gasteiger partial charge in [-0.15, -0.1) is 0 Å². The lowest BCUT2D eigenvalue weighted by atomic mass is 10.2. The Bertz CT molecular complexity index is 383. The van der Waals surface area contributed by atoms with Crippen LogP contribution in [0.5, 0.6) is 5.75 Å². The molecule has 0 radical (unpaired) electrons. The largest absolute Gasteiger partial charge is 0.493 e. The lowest BCUT2D eigenvalue weighted by molar-refractivity contribution is -0.385. The maximum Gasteiger partial charge on any atom is 0.274 e. The number of nitrogens with zero attached hydrogens (tertiary/aromatic N) is 1. The molecule has 1 N–H and O–H groups in total. The molecule has 16 heavy (non-hydrogen) atoms. The quantitative estimate of drug-likeness (QED) is 0.667. The summed E-state index contributed by atoms with van der Waals surface area (Å²) in [5.74, 6) is 0.416. The molecule has 1 atom stereocenters. The Morgan fingerprint density at radius 3 is 2.81 bits per heavy atom. The van der Waals surface area contributed by atoms with E-state index in [0.717, 1.165) is 0 Å². The van der Waals surface area contributed by atoms with Gasteiger partial charge in [0.25, 0.3) is 5.69 Å². The molecule has 1 aromatic rings. The number of halogens is 1. The standard InChI is InChI=1S/C10H12BrNO4/c1-7(5-13)6-16-10-3-8(11)2-9(4-10)12(14)15/h2-4,7,13H,5-6H2,1H3. The van der Waals surface area contributed by atoms with Crippen molar-refractivity contribution >= 4 is 21.6 Å². The maximum atomic E-state index is 10.6. The van der Waals surface area contributed by atoms with Crippen LogP contribution in [0, 0.1) is 16.0 Å². The Kier molecular flexibility index (Phi) is 4.70. The van der Waals surface area contributed by atoms with Crippen LogP contribution in [-0.2, 0) is 0 Å². The summed E-state index contributed by atoms with van der Waals surface area (Å²) in [5, 5.41) is 19.4. The Hall–Kier alpha value is -1.14. The van der Waals surface area contributed by atoms with Gasteiger partial charge < -0.3 is 9.84 Å². The molecule has 0 amide bonds. The van der Waals surface area contributed by atoms with Crippen LogP contribution in [0.4, 0.5) is 5.69 Å². The van der Waals surface area contributed by atoms with Gasteiger partial charge in [-0.3, -0.25) is 10.1 Å². The number of nitro benzene ring substituents is 1. The number of aliphatic hydroxyl groups excluding tert-OH is 1. The molecule has 1 unspecified atom stereocenters. The van der Waals surface area contributed by atoms with Gasteiger partial charge in [-0.25, -0.2) is 0 Å². The van der Waals surface area contributed by atoms with Crippen LogP contribution >= 0.6 is 15.9 Å². The molecule has 5 nitrogen and oxygen atoms in total. The van der Waals surface area contributed by atoms with Crippen molar-refractivity contribution < 1.29 is 14.8 Å². The minimum atomic E-state index is -0.479. The van der Waals surface area contributed by atoms with Gasteiger partial charge in [0.2, 0.25) is 0 Å². The van der Waals surface area contributed by atoms with Crippen molar-refractivity contribution in [3.05, 3.63) is 32.8 Å². The zero-order valence-electron chi connectivity index (χ0n) is 8.72. The molecular weight excluding hydrogens is 278 g/mol. The van der Waals surface area contributed by atoms with E-state index in [4.69, 9.17) is 9.84 Å². The highest BCUT2D eigenvalue weighted by atomic mass is 79.9. The van der Waals surface area contributed by atoms with Gasteiger partial charge in [0.05, 0.1) is 17.6 Å². The summed E-state index contributed by atoms with van der Waals surface area (Å²) in [7, 11) is 0. The van der Waals surface area contributed by atoms with Crippen molar-refractivity contribution in [2.75, 3.05) is 13.2 Å². The highest BCUT2D eigenvalue weighted by molar-refractivity contribution is 9.10. The maximum absolute atomic E-state index is 10.6. The zero-order chi connectivity index (χ0) is 12.1. The van der Waals surface area contributed by atoms with Gasteiger partial charge in [-0.2, -0.15) is 0 Å². The summed E-state index contributed by atoms with van der Waals surface area (Å²) < 4.78 is 5.93. The highest BCUT2D eigenvalue weighted by Gasteiger charge is 2.10. The number of hydrogen-bond acceptors (Lipinski definition) is 4. The van der Waals surface area contributed by atoms with Gasteiger partial charge in [0.1, 0.15) is 5.75 Å². The number of ether oxygens (including phenoxy) is 1. The first-order valence-electron chi connectivity index (χ1n) is 4.71. The minimum Gasteiger partial charge on any atom is -0.493 e. The summed E-state index contributed by atoms with van der Waals surface area (Å²) in [6, 6.07) is 4.41. The second-order valence-electron chi connectivity index (χ2n) is 3.50. The van der Waals surface area contributed by atoms with Gasteiger partial charge >= 0.3 is 0 Å². The first kappa shape index (κ1) is 12.9. The number of hydrogen-bond donors (Lipinski definition) is 1. The van der Waals surface area contributed by atoms with Crippen LogP contribution in [0.25, 0.3) is 0 Å². The van der Waals surface area contributed by atoms with Gasteiger partial charge in [0.15, 0.2) is 0 Å². The molecule has 0 fully saturated rings. The van der Waals surface area contributed by atoms with Crippen molar-refractivity contribution in [1.82, 2.24) is 0 Å². The molecule has 0 bridgehead atoms. The molecule has 0 aromatic heterocycles. The normalized spacial score (nSPS) is 12.2. The molecule has 0 saturated carbocycles. The third-order valence-electron chi connectivity index (χ3n) is 1.91. The lowest BCUT2D eigenvalue weighted by Gasteiger charge is -2.10. The Morgan fingerprint density at radius 2 is 2.25 bits per heavy atom. The summed E-state index contributed by atoms with van der Waals surface area (Å²) in [4.78, 5) is 10.1. The molecule has 1 rings (SSSR count). The first-order valence-corrected chi connectivity index (χ1v) is 5.51.